The van der Waals surface area contributed by atoms with Crippen LogP contribution in [0.15, 0.2) is 35.3 Å². The van der Waals surface area contributed by atoms with Crippen LogP contribution in [0.2, 0.25) is 0 Å². The van der Waals surface area contributed by atoms with Gasteiger partial charge in [-0.15, -0.1) is 0 Å². The lowest BCUT2D eigenvalue weighted by Crippen LogP contribution is -2.51. The van der Waals surface area contributed by atoms with Crippen LogP contribution >= 0.6 is 0 Å². The average Bonchev–Trinajstić information content (AvgIpc) is 2.65. The Bertz CT molecular complexity index is 770. The molecule has 0 bridgehead atoms. The maximum atomic E-state index is 12.3. The first-order valence-corrected chi connectivity index (χ1v) is 8.61. The molecule has 2 N–H and O–H groups in total. The number of amides is 1. The highest BCUT2D eigenvalue weighted by atomic mass is 16.5. The molecule has 1 fully saturated rings. The molecule has 1 amide bonds. The number of ether oxygens (including phenoxy) is 2. The van der Waals surface area contributed by atoms with E-state index in [9.17, 15) is 9.59 Å². The number of H-pyrrole nitrogens is 1. The van der Waals surface area contributed by atoms with E-state index in [4.69, 9.17) is 9.47 Å². The third kappa shape index (κ3) is 5.13. The summed E-state index contributed by atoms with van der Waals surface area (Å²) in [5, 5.41) is 9.29. The van der Waals surface area contributed by atoms with E-state index in [1.165, 1.54) is 6.07 Å². The van der Waals surface area contributed by atoms with Crippen LogP contribution in [0, 0.1) is 6.92 Å². The van der Waals surface area contributed by atoms with Crippen molar-refractivity contribution in [1.29, 1.82) is 0 Å². The van der Waals surface area contributed by atoms with Crippen LogP contribution in [-0.4, -0.2) is 46.4 Å². The Morgan fingerprint density at radius 1 is 1.38 bits per heavy atom. The molecule has 2 atom stereocenters. The van der Waals surface area contributed by atoms with Crippen LogP contribution in [0.5, 0.6) is 5.75 Å². The number of carbonyl (C=O) groups is 1. The summed E-state index contributed by atoms with van der Waals surface area (Å²) in [6.45, 7) is 2.91. The van der Waals surface area contributed by atoms with Gasteiger partial charge in [-0.1, -0.05) is 0 Å². The van der Waals surface area contributed by atoms with Gasteiger partial charge in [0.05, 0.1) is 24.5 Å². The number of aryl methyl sites for hydroxylation is 2. The molecule has 0 unspecified atom stereocenters. The van der Waals surface area contributed by atoms with E-state index in [1.54, 1.807) is 12.3 Å². The Hall–Kier alpha value is -2.74. The largest absolute Gasteiger partial charge is 0.484 e. The van der Waals surface area contributed by atoms with Crippen LogP contribution in [-0.2, 0) is 16.0 Å². The first-order chi connectivity index (χ1) is 12.6. The van der Waals surface area contributed by atoms with Crippen LogP contribution in [0.3, 0.4) is 0 Å². The first kappa shape index (κ1) is 18.1. The fourth-order valence-electron chi connectivity index (χ4n) is 2.72. The summed E-state index contributed by atoms with van der Waals surface area (Å²) in [6, 6.07) is 6.64. The van der Waals surface area contributed by atoms with E-state index in [0.29, 0.717) is 37.5 Å². The third-order valence-electron chi connectivity index (χ3n) is 4.17. The Labute approximate surface area is 150 Å². The van der Waals surface area contributed by atoms with E-state index in [0.717, 1.165) is 5.69 Å². The molecule has 2 aromatic rings. The SMILES string of the molecule is Cc1ccc(O[C@H]2COCC[C@H]2NC(=O)CCc2ccc(=O)[nH]n2)cn1. The molecule has 3 rings (SSSR count). The van der Waals surface area contributed by atoms with E-state index >= 15 is 0 Å². The quantitative estimate of drug-likeness (QED) is 0.790. The summed E-state index contributed by atoms with van der Waals surface area (Å²) in [7, 11) is 0. The normalized spacial score (nSPS) is 19.7. The predicted molar refractivity (Wildman–Crippen MR) is 93.9 cm³/mol. The average molecular weight is 358 g/mol. The van der Waals surface area contributed by atoms with Gasteiger partial charge in [-0.25, -0.2) is 5.10 Å². The van der Waals surface area contributed by atoms with Gasteiger partial charge in [0.25, 0.3) is 5.56 Å². The molecular weight excluding hydrogens is 336 g/mol. The molecular formula is C18H22N4O4. The number of pyridine rings is 1. The summed E-state index contributed by atoms with van der Waals surface area (Å²) in [6.07, 6.45) is 2.84. The van der Waals surface area contributed by atoms with Crippen molar-refractivity contribution in [3.05, 3.63) is 52.2 Å². The molecule has 138 valence electrons. The zero-order valence-electron chi connectivity index (χ0n) is 14.6. The van der Waals surface area contributed by atoms with Gasteiger partial charge in [0.15, 0.2) is 0 Å². The van der Waals surface area contributed by atoms with Crippen molar-refractivity contribution < 1.29 is 14.3 Å². The van der Waals surface area contributed by atoms with E-state index in [2.05, 4.69) is 20.5 Å². The fraction of sp³-hybridized carbons (Fsp3) is 0.444. The summed E-state index contributed by atoms with van der Waals surface area (Å²) >= 11 is 0. The molecule has 0 aromatic carbocycles. The molecule has 1 aliphatic rings. The monoisotopic (exact) mass is 358 g/mol. The Morgan fingerprint density at radius 3 is 3.00 bits per heavy atom. The summed E-state index contributed by atoms with van der Waals surface area (Å²) < 4.78 is 11.4. The van der Waals surface area contributed by atoms with Crippen molar-refractivity contribution in [2.45, 2.75) is 38.3 Å². The van der Waals surface area contributed by atoms with Crippen LogP contribution in [0.1, 0.15) is 24.2 Å². The Morgan fingerprint density at radius 2 is 2.27 bits per heavy atom. The van der Waals surface area contributed by atoms with Gasteiger partial charge in [0, 0.05) is 31.2 Å². The van der Waals surface area contributed by atoms with Gasteiger partial charge < -0.3 is 14.8 Å². The van der Waals surface area contributed by atoms with Gasteiger partial charge in [0.1, 0.15) is 11.9 Å². The highest BCUT2D eigenvalue weighted by Crippen LogP contribution is 2.17. The van der Waals surface area contributed by atoms with Gasteiger partial charge >= 0.3 is 0 Å². The number of nitrogens with one attached hydrogen (secondary N) is 2. The number of aromatic amines is 1. The lowest BCUT2D eigenvalue weighted by Gasteiger charge is -2.32. The van der Waals surface area contributed by atoms with E-state index < -0.39 is 0 Å². The van der Waals surface area contributed by atoms with Crippen molar-refractivity contribution in [2.75, 3.05) is 13.2 Å². The molecule has 0 saturated carbocycles. The number of aromatic nitrogens is 3. The molecule has 3 heterocycles. The van der Waals surface area contributed by atoms with Gasteiger partial charge in [-0.3, -0.25) is 14.6 Å². The van der Waals surface area contributed by atoms with Crippen LogP contribution < -0.4 is 15.6 Å². The molecule has 0 radical (unpaired) electrons. The van der Waals surface area contributed by atoms with E-state index in [-0.39, 0.29) is 30.0 Å². The predicted octanol–water partition coefficient (Wildman–Crippen LogP) is 0.759. The molecule has 1 saturated heterocycles. The topological polar surface area (TPSA) is 106 Å². The molecule has 0 aliphatic carbocycles. The van der Waals surface area contributed by atoms with Crippen LogP contribution in [0.4, 0.5) is 0 Å². The summed E-state index contributed by atoms with van der Waals surface area (Å²) in [5.41, 5.74) is 1.33. The molecule has 8 heteroatoms. The number of hydrogen-bond acceptors (Lipinski definition) is 6. The first-order valence-electron chi connectivity index (χ1n) is 8.61. The van der Waals surface area contributed by atoms with Crippen molar-refractivity contribution in [3.8, 4) is 5.75 Å². The number of carbonyl (C=O) groups excluding carboxylic acids is 1. The molecule has 1 aliphatic heterocycles. The maximum absolute atomic E-state index is 12.3. The number of hydrogen-bond donors (Lipinski definition) is 2. The second-order valence-corrected chi connectivity index (χ2v) is 6.24. The highest BCUT2D eigenvalue weighted by molar-refractivity contribution is 5.76. The standard InChI is InChI=1S/C18H22N4O4/c1-12-2-5-14(10-19-12)26-16-11-25-9-8-15(16)20-17(23)6-3-13-4-7-18(24)22-21-13/h2,4-5,7,10,15-16H,3,6,8-9,11H2,1H3,(H,20,23)(H,22,24)/t15-,16+/m1/s1. The second kappa shape index (κ2) is 8.57. The zero-order valence-corrected chi connectivity index (χ0v) is 14.6. The lowest BCUT2D eigenvalue weighted by molar-refractivity contribution is -0.123. The van der Waals surface area contributed by atoms with Crippen molar-refractivity contribution in [3.63, 3.8) is 0 Å². The highest BCUT2D eigenvalue weighted by Gasteiger charge is 2.29. The van der Waals surface area contributed by atoms with Gasteiger partial charge in [-0.05, 0) is 31.5 Å². The van der Waals surface area contributed by atoms with Gasteiger partial charge in [-0.2, -0.15) is 5.10 Å². The molecule has 8 nitrogen and oxygen atoms in total. The fourth-order valence-corrected chi connectivity index (χ4v) is 2.72. The van der Waals surface area contributed by atoms with Gasteiger partial charge in [0.2, 0.25) is 5.91 Å². The van der Waals surface area contributed by atoms with E-state index in [1.807, 2.05) is 19.1 Å². The minimum absolute atomic E-state index is 0.0828. The smallest absolute Gasteiger partial charge is 0.264 e. The molecule has 2 aromatic heterocycles. The summed E-state index contributed by atoms with van der Waals surface area (Å²) in [4.78, 5) is 27.5. The Kier molecular flexibility index (Phi) is 5.96. The summed E-state index contributed by atoms with van der Waals surface area (Å²) in [5.74, 6) is 0.573. The lowest BCUT2D eigenvalue weighted by atomic mass is 10.1. The Balaban J connectivity index is 1.53. The second-order valence-electron chi connectivity index (χ2n) is 6.24. The minimum atomic E-state index is -0.261. The number of nitrogens with zero attached hydrogens (tertiary/aromatic N) is 2. The van der Waals surface area contributed by atoms with Crippen molar-refractivity contribution >= 4 is 5.91 Å². The zero-order chi connectivity index (χ0) is 18.4. The molecule has 26 heavy (non-hydrogen) atoms. The maximum Gasteiger partial charge on any atom is 0.264 e. The third-order valence-corrected chi connectivity index (χ3v) is 4.17. The number of rotatable bonds is 6. The van der Waals surface area contributed by atoms with Crippen molar-refractivity contribution in [2.24, 2.45) is 0 Å². The minimum Gasteiger partial charge on any atom is -0.484 e. The van der Waals surface area contributed by atoms with Crippen LogP contribution in [0.25, 0.3) is 0 Å². The van der Waals surface area contributed by atoms with Crippen molar-refractivity contribution in [1.82, 2.24) is 20.5 Å². The molecule has 0 spiro atoms.